The fourth-order valence-electron chi connectivity index (χ4n) is 2.60. The average Bonchev–Trinajstić information content (AvgIpc) is 2.74. The number of carbonyl (C=O) groups excluding carboxylic acids is 1. The van der Waals surface area contributed by atoms with E-state index in [1.165, 1.54) is 12.4 Å². The molecule has 0 aliphatic carbocycles. The van der Waals surface area contributed by atoms with Crippen LogP contribution < -0.4 is 10.1 Å². The Morgan fingerprint density at radius 1 is 1.07 bits per heavy atom. The predicted octanol–water partition coefficient (Wildman–Crippen LogP) is 3.33. The van der Waals surface area contributed by atoms with Crippen molar-refractivity contribution in [1.82, 2.24) is 19.9 Å². The number of hydrogen-bond acceptors (Lipinski definition) is 6. The van der Waals surface area contributed by atoms with Crippen molar-refractivity contribution < 1.29 is 9.53 Å². The fourth-order valence-corrected chi connectivity index (χ4v) is 2.60. The van der Waals surface area contributed by atoms with Gasteiger partial charge in [-0.05, 0) is 55.3 Å². The molecule has 0 radical (unpaired) electrons. The van der Waals surface area contributed by atoms with Crippen molar-refractivity contribution in [1.29, 1.82) is 0 Å². The minimum atomic E-state index is -0.110. The quantitative estimate of drug-likeness (QED) is 0.649. The first kappa shape index (κ1) is 19.3. The zero-order valence-electron chi connectivity index (χ0n) is 16.0. The number of anilines is 2. The van der Waals surface area contributed by atoms with Gasteiger partial charge in [-0.25, -0.2) is 9.97 Å². The molecule has 1 amide bonds. The van der Waals surface area contributed by atoms with Crippen LogP contribution in [0.4, 0.5) is 11.6 Å². The summed E-state index contributed by atoms with van der Waals surface area (Å²) in [6, 6.07) is 11.4. The number of nitrogens with zero attached hydrogens (tertiary/aromatic N) is 4. The van der Waals surface area contributed by atoms with Crippen LogP contribution in [0.25, 0.3) is 0 Å². The van der Waals surface area contributed by atoms with Crippen LogP contribution in [0.15, 0.2) is 61.2 Å². The maximum atomic E-state index is 12.5. The lowest BCUT2D eigenvalue weighted by Gasteiger charge is -2.17. The Hall–Kier alpha value is -3.48. The normalized spacial score (nSPS) is 10.4. The van der Waals surface area contributed by atoms with E-state index in [-0.39, 0.29) is 5.91 Å². The van der Waals surface area contributed by atoms with Crippen molar-refractivity contribution in [3.05, 3.63) is 72.3 Å². The molecule has 0 fully saturated rings. The number of nitrogens with one attached hydrogen (secondary N) is 1. The van der Waals surface area contributed by atoms with E-state index >= 15 is 0 Å². The molecule has 0 atom stereocenters. The Kier molecular flexibility index (Phi) is 6.51. The molecule has 0 spiro atoms. The molecule has 3 rings (SSSR count). The topological polar surface area (TPSA) is 80.2 Å². The van der Waals surface area contributed by atoms with Crippen LogP contribution in [-0.2, 0) is 6.42 Å². The molecule has 144 valence electrons. The van der Waals surface area contributed by atoms with Gasteiger partial charge in [-0.2, -0.15) is 0 Å². The number of ether oxygens (including phenoxy) is 1. The van der Waals surface area contributed by atoms with Crippen LogP contribution >= 0.6 is 0 Å². The molecule has 1 aromatic carbocycles. The first-order chi connectivity index (χ1) is 13.7. The summed E-state index contributed by atoms with van der Waals surface area (Å²) in [5, 5.41) is 3.11. The maximum absolute atomic E-state index is 12.5. The Labute approximate surface area is 164 Å². The Morgan fingerprint density at radius 2 is 1.75 bits per heavy atom. The zero-order chi connectivity index (χ0) is 19.8. The average molecular weight is 377 g/mol. The van der Waals surface area contributed by atoms with Crippen molar-refractivity contribution in [3.63, 3.8) is 0 Å². The summed E-state index contributed by atoms with van der Waals surface area (Å²) in [4.78, 5) is 26.7. The van der Waals surface area contributed by atoms with Gasteiger partial charge in [0.1, 0.15) is 5.75 Å². The molecule has 0 saturated heterocycles. The van der Waals surface area contributed by atoms with Crippen LogP contribution in [0, 0.1) is 0 Å². The first-order valence-electron chi connectivity index (χ1n) is 9.12. The summed E-state index contributed by atoms with van der Waals surface area (Å²) in [7, 11) is 1.77. The predicted molar refractivity (Wildman–Crippen MR) is 108 cm³/mol. The zero-order valence-corrected chi connectivity index (χ0v) is 16.0. The molecule has 0 aliphatic rings. The largest absolute Gasteiger partial charge is 0.494 e. The van der Waals surface area contributed by atoms with Crippen molar-refractivity contribution in [2.75, 3.05) is 25.5 Å². The van der Waals surface area contributed by atoms with E-state index in [4.69, 9.17) is 4.74 Å². The molecule has 0 aliphatic heterocycles. The third-order valence-electron chi connectivity index (χ3n) is 4.15. The maximum Gasteiger partial charge on any atom is 0.256 e. The highest BCUT2D eigenvalue weighted by Crippen LogP contribution is 2.18. The molecule has 7 heteroatoms. The lowest BCUT2D eigenvalue weighted by Crippen LogP contribution is -2.29. The third-order valence-corrected chi connectivity index (χ3v) is 4.15. The Balaban J connectivity index is 1.56. The van der Waals surface area contributed by atoms with E-state index in [0.717, 1.165) is 23.4 Å². The second-order valence-electron chi connectivity index (χ2n) is 6.21. The smallest absolute Gasteiger partial charge is 0.256 e. The van der Waals surface area contributed by atoms with Gasteiger partial charge >= 0.3 is 0 Å². The van der Waals surface area contributed by atoms with Gasteiger partial charge in [-0.15, -0.1) is 0 Å². The minimum Gasteiger partial charge on any atom is -0.494 e. The molecule has 3 aromatic rings. The van der Waals surface area contributed by atoms with Gasteiger partial charge in [0.2, 0.25) is 5.95 Å². The molecule has 28 heavy (non-hydrogen) atoms. The standard InChI is InChI=1S/C21H23N5O2/c1-3-28-19-6-4-18(5-7-19)25-21-23-14-17(15-24-21)20(27)26(2)13-10-16-8-11-22-12-9-16/h4-9,11-12,14-15H,3,10,13H2,1-2H3,(H,23,24,25). The lowest BCUT2D eigenvalue weighted by atomic mass is 10.2. The molecular weight excluding hydrogens is 354 g/mol. The van der Waals surface area contributed by atoms with E-state index in [9.17, 15) is 4.79 Å². The highest BCUT2D eigenvalue weighted by atomic mass is 16.5. The Bertz CT molecular complexity index is 883. The van der Waals surface area contributed by atoms with Crippen LogP contribution in [-0.4, -0.2) is 46.0 Å². The van der Waals surface area contributed by atoms with Crippen LogP contribution in [0.5, 0.6) is 5.75 Å². The summed E-state index contributed by atoms with van der Waals surface area (Å²) in [6.07, 6.45) is 7.34. The lowest BCUT2D eigenvalue weighted by molar-refractivity contribution is 0.0796. The van der Waals surface area contributed by atoms with Gasteiger partial charge in [0, 0.05) is 44.1 Å². The number of rotatable bonds is 8. The molecule has 1 N–H and O–H groups in total. The highest BCUT2D eigenvalue weighted by Gasteiger charge is 2.13. The summed E-state index contributed by atoms with van der Waals surface area (Å²) in [6.45, 7) is 3.18. The first-order valence-corrected chi connectivity index (χ1v) is 9.12. The molecule has 2 heterocycles. The van der Waals surface area contributed by atoms with Gasteiger partial charge in [0.05, 0.1) is 12.2 Å². The van der Waals surface area contributed by atoms with Crippen LogP contribution in [0.1, 0.15) is 22.8 Å². The van der Waals surface area contributed by atoms with E-state index in [1.807, 2.05) is 43.3 Å². The number of aromatic nitrogens is 3. The number of hydrogen-bond donors (Lipinski definition) is 1. The van der Waals surface area contributed by atoms with Gasteiger partial charge in [-0.3, -0.25) is 9.78 Å². The van der Waals surface area contributed by atoms with Crippen molar-refractivity contribution in [3.8, 4) is 5.75 Å². The van der Waals surface area contributed by atoms with Gasteiger partial charge in [0.25, 0.3) is 5.91 Å². The van der Waals surface area contributed by atoms with Crippen LogP contribution in [0.3, 0.4) is 0 Å². The molecule has 0 saturated carbocycles. The summed E-state index contributed by atoms with van der Waals surface area (Å²) >= 11 is 0. The minimum absolute atomic E-state index is 0.110. The molecule has 0 bridgehead atoms. The summed E-state index contributed by atoms with van der Waals surface area (Å²) < 4.78 is 5.42. The van der Waals surface area contributed by atoms with Gasteiger partial charge < -0.3 is 15.0 Å². The highest BCUT2D eigenvalue weighted by molar-refractivity contribution is 5.93. The van der Waals surface area contributed by atoms with Crippen molar-refractivity contribution >= 4 is 17.5 Å². The second kappa shape index (κ2) is 9.45. The number of carbonyl (C=O) groups is 1. The van der Waals surface area contributed by atoms with Gasteiger partial charge in [-0.1, -0.05) is 0 Å². The van der Waals surface area contributed by atoms with Crippen molar-refractivity contribution in [2.45, 2.75) is 13.3 Å². The number of likely N-dealkylation sites (N-methyl/N-ethyl adjacent to an activating group) is 1. The van der Waals surface area contributed by atoms with E-state index in [1.54, 1.807) is 24.3 Å². The SMILES string of the molecule is CCOc1ccc(Nc2ncc(C(=O)N(C)CCc3ccncc3)cn2)cc1. The van der Waals surface area contributed by atoms with E-state index < -0.39 is 0 Å². The summed E-state index contributed by atoms with van der Waals surface area (Å²) in [5.74, 6) is 1.13. The van der Waals surface area contributed by atoms with Gasteiger partial charge in [0.15, 0.2) is 0 Å². The monoisotopic (exact) mass is 377 g/mol. The number of benzene rings is 1. The van der Waals surface area contributed by atoms with E-state index in [0.29, 0.717) is 24.7 Å². The summed E-state index contributed by atoms with van der Waals surface area (Å²) in [5.41, 5.74) is 2.44. The third kappa shape index (κ3) is 5.26. The molecule has 7 nitrogen and oxygen atoms in total. The molecule has 0 unspecified atom stereocenters. The second-order valence-corrected chi connectivity index (χ2v) is 6.21. The molecule has 2 aromatic heterocycles. The number of amides is 1. The Morgan fingerprint density at radius 3 is 2.39 bits per heavy atom. The van der Waals surface area contributed by atoms with Crippen LogP contribution in [0.2, 0.25) is 0 Å². The molecular formula is C21H23N5O2. The van der Waals surface area contributed by atoms with E-state index in [2.05, 4.69) is 20.3 Å². The number of pyridine rings is 1. The fraction of sp³-hybridized carbons (Fsp3) is 0.238. The van der Waals surface area contributed by atoms with Crippen molar-refractivity contribution in [2.24, 2.45) is 0 Å².